The van der Waals surface area contributed by atoms with E-state index in [1.165, 1.54) is 18.2 Å². The molecule has 1 aliphatic heterocycles. The Bertz CT molecular complexity index is 1250. The van der Waals surface area contributed by atoms with Crippen molar-refractivity contribution in [2.24, 2.45) is 5.92 Å². The molecule has 8 nitrogen and oxygen atoms in total. The van der Waals surface area contributed by atoms with Crippen molar-refractivity contribution in [3.8, 4) is 11.5 Å². The maximum Gasteiger partial charge on any atom is 0.336 e. The minimum absolute atomic E-state index is 0.0382. The molecule has 1 fully saturated rings. The van der Waals surface area contributed by atoms with E-state index in [2.05, 4.69) is 6.92 Å². The van der Waals surface area contributed by atoms with E-state index < -0.39 is 23.6 Å². The summed E-state index contributed by atoms with van der Waals surface area (Å²) in [5.74, 6) is -0.615. The van der Waals surface area contributed by atoms with Crippen molar-refractivity contribution in [3.05, 3.63) is 70.1 Å². The molecule has 1 saturated heterocycles. The van der Waals surface area contributed by atoms with Gasteiger partial charge < -0.3 is 23.9 Å². The Kier molecular flexibility index (Phi) is 6.86. The van der Waals surface area contributed by atoms with Crippen LogP contribution < -0.4 is 10.4 Å². The minimum Gasteiger partial charge on any atom is -0.508 e. The number of benzene rings is 2. The molecular weight excluding hydrogens is 438 g/mol. The molecule has 2 heterocycles. The topological polar surface area (TPSA) is 106 Å². The molecule has 0 radical (unpaired) electrons. The predicted octanol–water partition coefficient (Wildman–Crippen LogP) is 3.94. The Labute approximate surface area is 196 Å². The fourth-order valence-electron chi connectivity index (χ4n) is 4.40. The van der Waals surface area contributed by atoms with Gasteiger partial charge in [0.05, 0.1) is 19.1 Å². The lowest BCUT2D eigenvalue weighted by molar-refractivity contribution is -0.150. The molecular formula is C26H27NO7. The number of hydrogen-bond acceptors (Lipinski definition) is 7. The van der Waals surface area contributed by atoms with Crippen LogP contribution in [0.5, 0.6) is 11.5 Å². The SMILES string of the molecule is CCCCN1C(=O)CC(C(=O)OCc2cc(=O)oc3cc(O)ccc23)C1c1ccc(OC)cc1. The van der Waals surface area contributed by atoms with E-state index in [1.807, 2.05) is 24.3 Å². The number of ether oxygens (including phenoxy) is 2. The number of likely N-dealkylation sites (tertiary alicyclic amines) is 1. The lowest BCUT2D eigenvalue weighted by Crippen LogP contribution is -2.32. The fourth-order valence-corrected chi connectivity index (χ4v) is 4.40. The van der Waals surface area contributed by atoms with Gasteiger partial charge in [0.2, 0.25) is 5.91 Å². The van der Waals surface area contributed by atoms with Crippen LogP contribution in [0.15, 0.2) is 57.7 Å². The van der Waals surface area contributed by atoms with Crippen LogP contribution in [0.4, 0.5) is 0 Å². The summed E-state index contributed by atoms with van der Waals surface area (Å²) in [5.41, 5.74) is 0.900. The van der Waals surface area contributed by atoms with Crippen LogP contribution in [0.1, 0.15) is 43.4 Å². The molecule has 2 atom stereocenters. The number of methoxy groups -OCH3 is 1. The highest BCUT2D eigenvalue weighted by Crippen LogP contribution is 2.40. The van der Waals surface area contributed by atoms with Gasteiger partial charge in [0.1, 0.15) is 23.7 Å². The number of unbranched alkanes of at least 4 members (excludes halogenated alkanes) is 1. The first-order chi connectivity index (χ1) is 16.4. The predicted molar refractivity (Wildman–Crippen MR) is 124 cm³/mol. The van der Waals surface area contributed by atoms with E-state index in [0.717, 1.165) is 18.4 Å². The Balaban J connectivity index is 1.59. The highest BCUT2D eigenvalue weighted by molar-refractivity contribution is 5.88. The highest BCUT2D eigenvalue weighted by Gasteiger charge is 2.45. The van der Waals surface area contributed by atoms with Crippen molar-refractivity contribution in [3.63, 3.8) is 0 Å². The number of amides is 1. The van der Waals surface area contributed by atoms with Gasteiger partial charge >= 0.3 is 11.6 Å². The van der Waals surface area contributed by atoms with Gasteiger partial charge in [-0.3, -0.25) is 9.59 Å². The maximum atomic E-state index is 13.2. The second-order valence-corrected chi connectivity index (χ2v) is 8.35. The third-order valence-electron chi connectivity index (χ3n) is 6.13. The summed E-state index contributed by atoms with van der Waals surface area (Å²) in [4.78, 5) is 39.7. The van der Waals surface area contributed by atoms with Crippen molar-refractivity contribution < 1.29 is 28.6 Å². The summed E-state index contributed by atoms with van der Waals surface area (Å²) in [6.45, 7) is 2.46. The summed E-state index contributed by atoms with van der Waals surface area (Å²) in [6, 6.07) is 12.6. The first kappa shape index (κ1) is 23.4. The Hall–Kier alpha value is -3.81. The number of phenols is 1. The number of esters is 1. The molecule has 0 saturated carbocycles. The second kappa shape index (κ2) is 9.99. The summed E-state index contributed by atoms with van der Waals surface area (Å²) in [6.07, 6.45) is 1.82. The Morgan fingerprint density at radius 1 is 1.15 bits per heavy atom. The van der Waals surface area contributed by atoms with Gasteiger partial charge in [-0.2, -0.15) is 0 Å². The van der Waals surface area contributed by atoms with E-state index in [1.54, 1.807) is 18.1 Å². The van der Waals surface area contributed by atoms with Crippen molar-refractivity contribution >= 4 is 22.8 Å². The van der Waals surface area contributed by atoms with Gasteiger partial charge in [-0.05, 0) is 36.2 Å². The maximum absolute atomic E-state index is 13.2. The highest BCUT2D eigenvalue weighted by atomic mass is 16.5. The molecule has 2 aromatic carbocycles. The molecule has 1 amide bonds. The van der Waals surface area contributed by atoms with E-state index in [9.17, 15) is 19.5 Å². The third kappa shape index (κ3) is 4.76. The van der Waals surface area contributed by atoms with Gasteiger partial charge in [-0.1, -0.05) is 25.5 Å². The van der Waals surface area contributed by atoms with Crippen LogP contribution in [-0.4, -0.2) is 35.5 Å². The van der Waals surface area contributed by atoms with Crippen LogP contribution in [0.3, 0.4) is 0 Å². The number of fused-ring (bicyclic) bond motifs is 1. The number of aromatic hydroxyl groups is 1. The van der Waals surface area contributed by atoms with Gasteiger partial charge in [0, 0.05) is 36.0 Å². The average molecular weight is 466 g/mol. The van der Waals surface area contributed by atoms with E-state index >= 15 is 0 Å². The zero-order valence-corrected chi connectivity index (χ0v) is 19.2. The first-order valence-electron chi connectivity index (χ1n) is 11.3. The minimum atomic E-state index is -0.673. The largest absolute Gasteiger partial charge is 0.508 e. The Morgan fingerprint density at radius 3 is 2.62 bits per heavy atom. The molecule has 1 N–H and O–H groups in total. The fraction of sp³-hybridized carbons (Fsp3) is 0.346. The molecule has 3 aromatic rings. The second-order valence-electron chi connectivity index (χ2n) is 8.35. The van der Waals surface area contributed by atoms with Crippen LogP contribution in [0.2, 0.25) is 0 Å². The Morgan fingerprint density at radius 2 is 1.91 bits per heavy atom. The molecule has 0 aliphatic carbocycles. The van der Waals surface area contributed by atoms with Crippen LogP contribution >= 0.6 is 0 Å². The average Bonchev–Trinajstić information content (AvgIpc) is 3.16. The zero-order chi connectivity index (χ0) is 24.2. The number of hydrogen-bond donors (Lipinski definition) is 1. The number of carbonyl (C=O) groups is 2. The quantitative estimate of drug-likeness (QED) is 0.397. The van der Waals surface area contributed by atoms with Crippen LogP contribution in [0.25, 0.3) is 11.0 Å². The molecule has 4 rings (SSSR count). The van der Waals surface area contributed by atoms with Crippen LogP contribution in [-0.2, 0) is 20.9 Å². The zero-order valence-electron chi connectivity index (χ0n) is 19.2. The van der Waals surface area contributed by atoms with E-state index in [4.69, 9.17) is 13.9 Å². The molecule has 34 heavy (non-hydrogen) atoms. The molecule has 0 bridgehead atoms. The third-order valence-corrected chi connectivity index (χ3v) is 6.13. The van der Waals surface area contributed by atoms with Crippen molar-refractivity contribution in [1.29, 1.82) is 0 Å². The molecule has 1 aliphatic rings. The van der Waals surface area contributed by atoms with Gasteiger partial charge in [-0.25, -0.2) is 4.79 Å². The summed E-state index contributed by atoms with van der Waals surface area (Å²) >= 11 is 0. The van der Waals surface area contributed by atoms with Crippen molar-refractivity contribution in [2.75, 3.05) is 13.7 Å². The summed E-state index contributed by atoms with van der Waals surface area (Å²) in [5, 5.41) is 10.2. The van der Waals surface area contributed by atoms with Crippen LogP contribution in [0, 0.1) is 5.92 Å². The van der Waals surface area contributed by atoms with E-state index in [0.29, 0.717) is 23.2 Å². The molecule has 178 valence electrons. The van der Waals surface area contributed by atoms with E-state index in [-0.39, 0.29) is 30.3 Å². The van der Waals surface area contributed by atoms with Crippen molar-refractivity contribution in [1.82, 2.24) is 4.90 Å². The van der Waals surface area contributed by atoms with Crippen molar-refractivity contribution in [2.45, 2.75) is 38.8 Å². The molecule has 1 aromatic heterocycles. The number of rotatable bonds is 8. The monoisotopic (exact) mass is 465 g/mol. The number of carbonyl (C=O) groups excluding carboxylic acids is 2. The van der Waals surface area contributed by atoms with Gasteiger partial charge in [0.25, 0.3) is 0 Å². The lowest BCUT2D eigenvalue weighted by atomic mass is 9.93. The molecule has 0 spiro atoms. The summed E-state index contributed by atoms with van der Waals surface area (Å²) < 4.78 is 16.0. The lowest BCUT2D eigenvalue weighted by Gasteiger charge is -2.28. The van der Waals surface area contributed by atoms with Gasteiger partial charge in [-0.15, -0.1) is 0 Å². The number of nitrogens with zero attached hydrogens (tertiary/aromatic N) is 1. The number of phenolic OH excluding ortho intramolecular Hbond substituents is 1. The first-order valence-corrected chi connectivity index (χ1v) is 11.3. The molecule has 8 heteroatoms. The smallest absolute Gasteiger partial charge is 0.336 e. The summed E-state index contributed by atoms with van der Waals surface area (Å²) in [7, 11) is 1.58. The standard InChI is InChI=1S/C26H27NO7/c1-3-4-11-27-23(29)14-21(25(27)16-5-8-19(32-2)9-6-16)26(31)33-15-17-12-24(30)34-22-13-18(28)7-10-20(17)22/h5-10,12-13,21,25,28H,3-4,11,14-15H2,1-2H3. The molecule has 2 unspecified atom stereocenters. The normalized spacial score (nSPS) is 17.8. The van der Waals surface area contributed by atoms with Gasteiger partial charge in [0.15, 0.2) is 0 Å².